The van der Waals surface area contributed by atoms with Gasteiger partial charge in [0.25, 0.3) is 0 Å². The molecule has 0 amide bonds. The van der Waals surface area contributed by atoms with E-state index < -0.39 is 0 Å². The summed E-state index contributed by atoms with van der Waals surface area (Å²) < 4.78 is 4.97. The van der Waals surface area contributed by atoms with Crippen molar-refractivity contribution < 1.29 is 4.74 Å². The number of hydrogen-bond donors (Lipinski definition) is 0. The minimum absolute atomic E-state index is 0.0416. The summed E-state index contributed by atoms with van der Waals surface area (Å²) in [6.07, 6.45) is 0. The molecule has 1 rings (SSSR count). The molecule has 2 nitrogen and oxygen atoms in total. The third kappa shape index (κ3) is 2.04. The minimum Gasteiger partial charge on any atom is -0.477 e. The SMILES string of the molecule is N#CCOc1cc[c]c(Cl)c1Cl. The van der Waals surface area contributed by atoms with Crippen LogP contribution in [0.4, 0.5) is 0 Å². The molecule has 4 heteroatoms. The summed E-state index contributed by atoms with van der Waals surface area (Å²) >= 11 is 11.4. The van der Waals surface area contributed by atoms with Crippen LogP contribution in [0.15, 0.2) is 12.1 Å². The lowest BCUT2D eigenvalue weighted by molar-refractivity contribution is 0.368. The fourth-order valence-electron chi connectivity index (χ4n) is 0.657. The zero-order valence-electron chi connectivity index (χ0n) is 5.97. The second-order valence-corrected chi connectivity index (χ2v) is 2.67. The highest BCUT2D eigenvalue weighted by Gasteiger charge is 2.04. The van der Waals surface area contributed by atoms with Crippen LogP contribution < -0.4 is 4.74 Å². The quantitative estimate of drug-likeness (QED) is 0.736. The topological polar surface area (TPSA) is 33.0 Å². The molecular formula is C8H4Cl2NO. The van der Waals surface area contributed by atoms with Crippen LogP contribution >= 0.6 is 23.2 Å². The number of benzene rings is 1. The maximum absolute atomic E-state index is 8.23. The minimum atomic E-state index is -0.0416. The van der Waals surface area contributed by atoms with Crippen molar-refractivity contribution in [1.29, 1.82) is 5.26 Å². The predicted octanol–water partition coefficient (Wildman–Crippen LogP) is 2.70. The molecule has 0 aliphatic rings. The average Bonchev–Trinajstić information content (AvgIpc) is 2.08. The Morgan fingerprint density at radius 2 is 2.33 bits per heavy atom. The molecule has 12 heavy (non-hydrogen) atoms. The van der Waals surface area contributed by atoms with Gasteiger partial charge in [0.05, 0.1) is 5.02 Å². The Bertz CT molecular complexity index is 319. The van der Waals surface area contributed by atoms with Crippen molar-refractivity contribution in [2.75, 3.05) is 6.61 Å². The molecule has 0 aliphatic heterocycles. The normalized spacial score (nSPS) is 9.08. The number of nitriles is 1. The van der Waals surface area contributed by atoms with Crippen LogP contribution in [-0.2, 0) is 0 Å². The third-order valence-electron chi connectivity index (χ3n) is 1.15. The monoisotopic (exact) mass is 200 g/mol. The van der Waals surface area contributed by atoms with Gasteiger partial charge in [-0.25, -0.2) is 0 Å². The molecule has 0 fully saturated rings. The molecule has 1 radical (unpaired) electrons. The molecule has 0 aliphatic carbocycles. The van der Waals surface area contributed by atoms with Gasteiger partial charge in [0.1, 0.15) is 16.8 Å². The fraction of sp³-hybridized carbons (Fsp3) is 0.125. The molecule has 0 N–H and O–H groups in total. The molecule has 0 bridgehead atoms. The van der Waals surface area contributed by atoms with E-state index in [2.05, 4.69) is 6.07 Å². The second-order valence-electron chi connectivity index (χ2n) is 1.92. The van der Waals surface area contributed by atoms with E-state index >= 15 is 0 Å². The van der Waals surface area contributed by atoms with Gasteiger partial charge in [0.2, 0.25) is 0 Å². The summed E-state index contributed by atoms with van der Waals surface area (Å²) in [6, 6.07) is 7.70. The van der Waals surface area contributed by atoms with Crippen LogP contribution in [0.2, 0.25) is 10.0 Å². The Balaban J connectivity index is 2.86. The van der Waals surface area contributed by atoms with Gasteiger partial charge in [0.15, 0.2) is 6.61 Å². The van der Waals surface area contributed by atoms with E-state index in [-0.39, 0.29) is 11.6 Å². The molecule has 0 aromatic heterocycles. The van der Waals surface area contributed by atoms with Crippen LogP contribution in [0.1, 0.15) is 0 Å². The van der Waals surface area contributed by atoms with E-state index in [1.807, 2.05) is 6.07 Å². The Kier molecular flexibility index (Phi) is 3.21. The molecule has 0 atom stereocenters. The zero-order valence-corrected chi connectivity index (χ0v) is 7.49. The van der Waals surface area contributed by atoms with Crippen molar-refractivity contribution in [1.82, 2.24) is 0 Å². The van der Waals surface area contributed by atoms with Gasteiger partial charge in [-0.1, -0.05) is 23.2 Å². The van der Waals surface area contributed by atoms with E-state index in [0.29, 0.717) is 10.8 Å². The Morgan fingerprint density at radius 1 is 1.58 bits per heavy atom. The first-order valence-electron chi connectivity index (χ1n) is 3.11. The summed E-state index contributed by atoms with van der Waals surface area (Å²) in [7, 11) is 0. The van der Waals surface area contributed by atoms with Gasteiger partial charge < -0.3 is 4.74 Å². The van der Waals surface area contributed by atoms with Crippen LogP contribution in [0, 0.1) is 17.4 Å². The summed E-state index contributed by atoms with van der Waals surface area (Å²) in [6.45, 7) is -0.0416. The Morgan fingerprint density at radius 3 is 3.00 bits per heavy atom. The first kappa shape index (κ1) is 9.18. The summed E-state index contributed by atoms with van der Waals surface area (Å²) in [5.74, 6) is 0.405. The van der Waals surface area contributed by atoms with Gasteiger partial charge in [-0.3, -0.25) is 0 Å². The van der Waals surface area contributed by atoms with Crippen molar-refractivity contribution in [3.8, 4) is 11.8 Å². The number of hydrogen-bond acceptors (Lipinski definition) is 2. The lowest BCUT2D eigenvalue weighted by atomic mass is 10.3. The van der Waals surface area contributed by atoms with E-state index in [1.54, 1.807) is 12.1 Å². The standard InChI is InChI=1S/C8H4Cl2NO/c9-6-2-1-3-7(8(6)10)12-5-4-11/h1,3H,5H2. The molecule has 1 aromatic carbocycles. The number of ether oxygens (including phenoxy) is 1. The summed E-state index contributed by atoms with van der Waals surface area (Å²) in [4.78, 5) is 0. The van der Waals surface area contributed by atoms with Crippen molar-refractivity contribution in [3.63, 3.8) is 0 Å². The first-order chi connectivity index (χ1) is 5.75. The molecule has 61 valence electrons. The van der Waals surface area contributed by atoms with Crippen molar-refractivity contribution in [2.24, 2.45) is 0 Å². The van der Waals surface area contributed by atoms with Gasteiger partial charge in [0, 0.05) is 6.07 Å². The van der Waals surface area contributed by atoms with Crippen LogP contribution in [0.5, 0.6) is 5.75 Å². The fourth-order valence-corrected chi connectivity index (χ4v) is 0.985. The molecule has 1 aromatic rings. The zero-order chi connectivity index (χ0) is 8.97. The number of rotatable bonds is 2. The van der Waals surface area contributed by atoms with Crippen molar-refractivity contribution >= 4 is 23.2 Å². The highest BCUT2D eigenvalue weighted by Crippen LogP contribution is 2.30. The molecule has 0 heterocycles. The van der Waals surface area contributed by atoms with Crippen molar-refractivity contribution in [2.45, 2.75) is 0 Å². The smallest absolute Gasteiger partial charge is 0.174 e. The molecule has 0 saturated carbocycles. The van der Waals surface area contributed by atoms with E-state index in [0.717, 1.165) is 0 Å². The van der Waals surface area contributed by atoms with Gasteiger partial charge in [-0.15, -0.1) is 0 Å². The molecule has 0 unspecified atom stereocenters. The highest BCUT2D eigenvalue weighted by atomic mass is 35.5. The first-order valence-corrected chi connectivity index (χ1v) is 3.86. The van der Waals surface area contributed by atoms with Gasteiger partial charge >= 0.3 is 0 Å². The summed E-state index contributed by atoms with van der Waals surface area (Å²) in [5.41, 5.74) is 0. The van der Waals surface area contributed by atoms with E-state index in [9.17, 15) is 0 Å². The molecule has 0 saturated heterocycles. The Labute approximate surface area is 80.3 Å². The second kappa shape index (κ2) is 4.20. The summed E-state index contributed by atoms with van der Waals surface area (Å²) in [5, 5.41) is 8.81. The average molecular weight is 201 g/mol. The van der Waals surface area contributed by atoms with E-state index in [1.165, 1.54) is 0 Å². The molecule has 0 spiro atoms. The maximum atomic E-state index is 8.23. The maximum Gasteiger partial charge on any atom is 0.174 e. The highest BCUT2D eigenvalue weighted by molar-refractivity contribution is 6.42. The lowest BCUT2D eigenvalue weighted by Crippen LogP contribution is -1.93. The predicted molar refractivity (Wildman–Crippen MR) is 46.4 cm³/mol. The van der Waals surface area contributed by atoms with Crippen molar-refractivity contribution in [3.05, 3.63) is 28.2 Å². The third-order valence-corrected chi connectivity index (χ3v) is 1.92. The van der Waals surface area contributed by atoms with E-state index in [4.69, 9.17) is 33.2 Å². The molecular weight excluding hydrogens is 197 g/mol. The largest absolute Gasteiger partial charge is 0.477 e. The Hall–Kier alpha value is -0.910. The van der Waals surface area contributed by atoms with Crippen LogP contribution in [0.3, 0.4) is 0 Å². The number of halogens is 2. The van der Waals surface area contributed by atoms with Crippen LogP contribution in [0.25, 0.3) is 0 Å². The van der Waals surface area contributed by atoms with Gasteiger partial charge in [-0.05, 0) is 12.1 Å². The van der Waals surface area contributed by atoms with Gasteiger partial charge in [-0.2, -0.15) is 5.26 Å². The van der Waals surface area contributed by atoms with Crippen LogP contribution in [-0.4, -0.2) is 6.61 Å². The lowest BCUT2D eigenvalue weighted by Gasteiger charge is -2.03. The number of nitrogens with zero attached hydrogens (tertiary/aromatic N) is 1.